The van der Waals surface area contributed by atoms with E-state index in [-0.39, 0.29) is 0 Å². The highest BCUT2D eigenvalue weighted by molar-refractivity contribution is 6.24. The minimum atomic E-state index is 1.14. The van der Waals surface area contributed by atoms with Gasteiger partial charge in [0.25, 0.3) is 0 Å². The fraction of sp³-hybridized carbons (Fsp3) is 1.00. The maximum Gasteiger partial charge on any atom is 0.172 e. The molecule has 28 valence electrons. The van der Waals surface area contributed by atoms with Crippen molar-refractivity contribution in [2.45, 2.75) is 6.92 Å². The molecule has 0 aromatic rings. The van der Waals surface area contributed by atoms with Gasteiger partial charge in [0.1, 0.15) is 0 Å². The van der Waals surface area contributed by atoms with Crippen LogP contribution in [-0.4, -0.2) is 27.2 Å². The smallest absolute Gasteiger partial charge is 0.172 e. The first-order valence-electron chi connectivity index (χ1n) is 1.92. The molecule has 0 heterocycles. The van der Waals surface area contributed by atoms with Gasteiger partial charge in [-0.05, 0) is 6.54 Å². The van der Waals surface area contributed by atoms with Crippen molar-refractivity contribution in [1.82, 2.24) is 4.72 Å². The molecule has 0 fully saturated rings. The van der Waals surface area contributed by atoms with Crippen molar-refractivity contribution in [3.63, 3.8) is 0 Å². The second kappa shape index (κ2) is 2.33. The molecule has 0 amide bonds. The van der Waals surface area contributed by atoms with Crippen molar-refractivity contribution in [3.05, 3.63) is 0 Å². The van der Waals surface area contributed by atoms with Gasteiger partial charge in [0.2, 0.25) is 0 Å². The Morgan fingerprint density at radius 1 is 1.60 bits per heavy atom. The molecule has 0 unspecified atom stereocenters. The lowest BCUT2D eigenvalue weighted by molar-refractivity contribution is 0.746. The Balaban J connectivity index is 2.54. The third-order valence-corrected chi connectivity index (χ3v) is 0.632. The van der Waals surface area contributed by atoms with Crippen LogP contribution in [0, 0.1) is 0 Å². The van der Waals surface area contributed by atoms with E-state index < -0.39 is 0 Å². The first kappa shape index (κ1) is 5.09. The fourth-order valence-electron chi connectivity index (χ4n) is 0. The van der Waals surface area contributed by atoms with E-state index in [9.17, 15) is 0 Å². The third kappa shape index (κ3) is 4.09. The maximum atomic E-state index is 2.12. The van der Waals surface area contributed by atoms with Gasteiger partial charge < -0.3 is 4.72 Å². The summed E-state index contributed by atoms with van der Waals surface area (Å²) in [6, 6.07) is 0. The zero-order chi connectivity index (χ0) is 4.28. The number of rotatable bonds is 1. The molecule has 0 spiro atoms. The molecule has 3 heteroatoms. The lowest BCUT2D eigenvalue weighted by atomic mass is 10.2. The summed E-state index contributed by atoms with van der Waals surface area (Å²) < 4.78 is 2.12. The van der Waals surface area contributed by atoms with Crippen molar-refractivity contribution in [2.75, 3.05) is 6.54 Å². The van der Waals surface area contributed by atoms with Gasteiger partial charge in [0, 0.05) is 0 Å². The lowest BCUT2D eigenvalue weighted by Crippen LogP contribution is -2.13. The molecule has 5 heavy (non-hydrogen) atoms. The van der Waals surface area contributed by atoms with Gasteiger partial charge in [0.05, 0.1) is 0 Å². The van der Waals surface area contributed by atoms with E-state index >= 15 is 0 Å². The van der Waals surface area contributed by atoms with Crippen molar-refractivity contribution in [3.8, 4) is 0 Å². The Labute approximate surface area is 35.2 Å². The Bertz CT molecular complexity index is 21.6. The highest BCUT2D eigenvalue weighted by Gasteiger charge is 1.73. The quantitative estimate of drug-likeness (QED) is 0.335. The second-order valence-electron chi connectivity index (χ2n) is 1.40. The summed E-state index contributed by atoms with van der Waals surface area (Å²) in [5.74, 6) is 0. The van der Waals surface area contributed by atoms with Crippen LogP contribution < -0.4 is 0 Å². The molecule has 0 radical (unpaired) electrons. The maximum absolute atomic E-state index is 2.12. The van der Waals surface area contributed by atoms with Gasteiger partial charge >= 0.3 is 0 Å². The molecule has 0 aliphatic carbocycles. The van der Waals surface area contributed by atoms with Crippen LogP contribution in [0.25, 0.3) is 0 Å². The van der Waals surface area contributed by atoms with Crippen molar-refractivity contribution >= 4 is 16.0 Å². The van der Waals surface area contributed by atoms with E-state index in [1.54, 1.807) is 0 Å². The van der Waals surface area contributed by atoms with Gasteiger partial charge in [-0.1, -0.05) is 6.92 Å². The molecule has 0 aliphatic rings. The standard InChI is InChI=1S/C2H9B2N/c1-2-5(3)4/h2-4H2,1H3. The van der Waals surface area contributed by atoms with Gasteiger partial charge in [-0.2, -0.15) is 0 Å². The summed E-state index contributed by atoms with van der Waals surface area (Å²) in [6.07, 6.45) is 0. The average molecular weight is 68.7 g/mol. The fourth-order valence-corrected chi connectivity index (χ4v) is 0. The Kier molecular flexibility index (Phi) is 2.38. The number of hydrogen-bond acceptors (Lipinski definition) is 1. The van der Waals surface area contributed by atoms with Crippen molar-refractivity contribution < 1.29 is 0 Å². The minimum Gasteiger partial charge on any atom is -0.396 e. The molecule has 0 aliphatic heterocycles. The van der Waals surface area contributed by atoms with E-state index in [1.807, 2.05) is 0 Å². The van der Waals surface area contributed by atoms with Gasteiger partial charge in [0.15, 0.2) is 16.0 Å². The molecule has 0 N–H and O–H groups in total. The Morgan fingerprint density at radius 3 is 1.80 bits per heavy atom. The largest absolute Gasteiger partial charge is 0.396 e. The van der Waals surface area contributed by atoms with Crippen molar-refractivity contribution in [2.24, 2.45) is 0 Å². The van der Waals surface area contributed by atoms with Crippen LogP contribution >= 0.6 is 0 Å². The molecule has 0 atom stereocenters. The lowest BCUT2D eigenvalue weighted by Gasteiger charge is -2.00. The summed E-state index contributed by atoms with van der Waals surface area (Å²) in [5, 5.41) is 0. The van der Waals surface area contributed by atoms with E-state index in [4.69, 9.17) is 0 Å². The first-order chi connectivity index (χ1) is 2.27. The van der Waals surface area contributed by atoms with E-state index in [2.05, 4.69) is 27.6 Å². The molecular formula is C2H9B2N. The molecular weight excluding hydrogens is 59.7 g/mol. The van der Waals surface area contributed by atoms with Gasteiger partial charge in [-0.25, -0.2) is 0 Å². The molecule has 0 saturated carbocycles. The van der Waals surface area contributed by atoms with E-state index in [0.717, 1.165) is 6.54 Å². The third-order valence-electron chi connectivity index (χ3n) is 0.632. The van der Waals surface area contributed by atoms with Crippen LogP contribution in [0.5, 0.6) is 0 Å². The number of hydrogen-bond donors (Lipinski definition) is 0. The molecule has 0 aromatic heterocycles. The predicted octanol–water partition coefficient (Wildman–Crippen LogP) is -1.60. The van der Waals surface area contributed by atoms with Crippen LogP contribution in [0.2, 0.25) is 0 Å². The first-order valence-corrected chi connectivity index (χ1v) is 1.92. The normalized spacial score (nSPS) is 9.20. The molecule has 1 nitrogen and oxygen atoms in total. The SMILES string of the molecule is BN(B)CC. The topological polar surface area (TPSA) is 3.24 Å². The predicted molar refractivity (Wildman–Crippen MR) is 29.5 cm³/mol. The van der Waals surface area contributed by atoms with Gasteiger partial charge in [-0.3, -0.25) is 0 Å². The summed E-state index contributed by atoms with van der Waals surface area (Å²) in [7, 11) is 4.11. The molecule has 0 saturated heterocycles. The second-order valence-corrected chi connectivity index (χ2v) is 1.40. The molecule has 0 rings (SSSR count). The Morgan fingerprint density at radius 2 is 1.80 bits per heavy atom. The minimum absolute atomic E-state index is 1.14. The van der Waals surface area contributed by atoms with Crippen LogP contribution in [0.15, 0.2) is 0 Å². The molecule has 0 bridgehead atoms. The van der Waals surface area contributed by atoms with Gasteiger partial charge in [-0.15, -0.1) is 0 Å². The highest BCUT2D eigenvalue weighted by atomic mass is 14.9. The highest BCUT2D eigenvalue weighted by Crippen LogP contribution is 1.60. The van der Waals surface area contributed by atoms with Crippen LogP contribution in [0.4, 0.5) is 0 Å². The van der Waals surface area contributed by atoms with Crippen LogP contribution in [-0.2, 0) is 0 Å². The zero-order valence-electron chi connectivity index (χ0n) is 4.15. The summed E-state index contributed by atoms with van der Waals surface area (Å²) in [6.45, 7) is 3.26. The van der Waals surface area contributed by atoms with Crippen LogP contribution in [0.1, 0.15) is 6.92 Å². The van der Waals surface area contributed by atoms with Crippen molar-refractivity contribution in [1.29, 1.82) is 0 Å². The van der Waals surface area contributed by atoms with E-state index in [1.165, 1.54) is 0 Å². The Hall–Kier alpha value is 0.0899. The average Bonchev–Trinajstić information content (AvgIpc) is 1.38. The summed E-state index contributed by atoms with van der Waals surface area (Å²) >= 11 is 0. The molecule has 0 aromatic carbocycles. The van der Waals surface area contributed by atoms with E-state index in [0.29, 0.717) is 0 Å². The van der Waals surface area contributed by atoms with Crippen LogP contribution in [0.3, 0.4) is 0 Å². The summed E-state index contributed by atoms with van der Waals surface area (Å²) in [5.41, 5.74) is 0. The number of nitrogens with zero attached hydrogens (tertiary/aromatic N) is 1. The monoisotopic (exact) mass is 69.1 g/mol. The zero-order valence-corrected chi connectivity index (χ0v) is 4.15. The summed E-state index contributed by atoms with van der Waals surface area (Å²) in [4.78, 5) is 0.